The van der Waals surface area contributed by atoms with Crippen LogP contribution in [0.2, 0.25) is 0 Å². The molecule has 0 aromatic heterocycles. The highest BCUT2D eigenvalue weighted by molar-refractivity contribution is 4.73. The van der Waals surface area contributed by atoms with Gasteiger partial charge in [-0.2, -0.15) is 0 Å². The average Bonchev–Trinajstić information content (AvgIpc) is 2.90. The summed E-state index contributed by atoms with van der Waals surface area (Å²) >= 11 is 0. The SMILES string of the molecule is CCCCCCCCC(CCCCCC)CN(CCN(C)C)CC(CCCCCC)CCCCCCCC. The van der Waals surface area contributed by atoms with Crippen molar-refractivity contribution in [2.24, 2.45) is 11.8 Å². The summed E-state index contributed by atoms with van der Waals surface area (Å²) in [5.41, 5.74) is 0. The van der Waals surface area contributed by atoms with Crippen LogP contribution in [-0.4, -0.2) is 50.1 Å². The molecule has 0 fully saturated rings. The minimum absolute atomic E-state index is 0.912. The molecule has 0 aliphatic carbocycles. The smallest absolute Gasteiger partial charge is 0.0109 e. The van der Waals surface area contributed by atoms with E-state index in [0.717, 1.165) is 11.8 Å². The van der Waals surface area contributed by atoms with Gasteiger partial charge in [-0.3, -0.25) is 0 Å². The molecule has 0 saturated heterocycles. The third kappa shape index (κ3) is 26.2. The summed E-state index contributed by atoms with van der Waals surface area (Å²) in [6.07, 6.45) is 34.4. The minimum Gasteiger partial charge on any atom is -0.308 e. The molecule has 0 aromatic carbocycles. The van der Waals surface area contributed by atoms with Gasteiger partial charge in [-0.05, 0) is 51.6 Å². The number of rotatable bonds is 31. The van der Waals surface area contributed by atoms with Crippen molar-refractivity contribution in [3.8, 4) is 0 Å². The lowest BCUT2D eigenvalue weighted by Crippen LogP contribution is -2.38. The Kier molecular flexibility index (Phi) is 29.8. The number of hydrogen-bond donors (Lipinski definition) is 0. The first-order valence-corrected chi connectivity index (χ1v) is 17.9. The summed E-state index contributed by atoms with van der Waals surface area (Å²) in [5, 5.41) is 0. The van der Waals surface area contributed by atoms with E-state index < -0.39 is 0 Å². The fraction of sp³-hybridized carbons (Fsp3) is 1.00. The van der Waals surface area contributed by atoms with E-state index in [9.17, 15) is 0 Å². The summed E-state index contributed by atoms with van der Waals surface area (Å²) in [6, 6.07) is 0. The van der Waals surface area contributed by atoms with Gasteiger partial charge in [0.2, 0.25) is 0 Å². The van der Waals surface area contributed by atoms with Crippen LogP contribution in [0.4, 0.5) is 0 Å². The molecule has 2 unspecified atom stereocenters. The van der Waals surface area contributed by atoms with Crippen LogP contribution in [-0.2, 0) is 0 Å². The first kappa shape index (κ1) is 37.9. The van der Waals surface area contributed by atoms with Crippen LogP contribution in [0.3, 0.4) is 0 Å². The zero-order valence-corrected chi connectivity index (χ0v) is 27.8. The quantitative estimate of drug-likeness (QED) is 0.0813. The van der Waals surface area contributed by atoms with Crippen molar-refractivity contribution in [2.75, 3.05) is 40.3 Å². The monoisotopic (exact) mass is 537 g/mol. The molecule has 0 aliphatic rings. The van der Waals surface area contributed by atoms with E-state index in [-0.39, 0.29) is 0 Å². The maximum absolute atomic E-state index is 2.93. The van der Waals surface area contributed by atoms with E-state index in [2.05, 4.69) is 51.6 Å². The van der Waals surface area contributed by atoms with Gasteiger partial charge in [-0.1, -0.05) is 156 Å². The van der Waals surface area contributed by atoms with Crippen molar-refractivity contribution in [2.45, 2.75) is 182 Å². The number of likely N-dealkylation sites (N-methyl/N-ethyl adjacent to an activating group) is 1. The highest BCUT2D eigenvalue weighted by atomic mass is 15.2. The van der Waals surface area contributed by atoms with Gasteiger partial charge >= 0.3 is 0 Å². The van der Waals surface area contributed by atoms with Gasteiger partial charge in [0.1, 0.15) is 0 Å². The van der Waals surface area contributed by atoms with Crippen LogP contribution in [0.1, 0.15) is 182 Å². The molecule has 0 spiro atoms. The van der Waals surface area contributed by atoms with Gasteiger partial charge < -0.3 is 9.80 Å². The molecule has 0 aromatic rings. The predicted octanol–water partition coefficient (Wildman–Crippen LogP) is 11.5. The van der Waals surface area contributed by atoms with Crippen LogP contribution >= 0.6 is 0 Å². The van der Waals surface area contributed by atoms with E-state index in [1.165, 1.54) is 180 Å². The van der Waals surface area contributed by atoms with E-state index >= 15 is 0 Å². The van der Waals surface area contributed by atoms with E-state index in [0.29, 0.717) is 0 Å². The number of hydrogen-bond acceptors (Lipinski definition) is 2. The van der Waals surface area contributed by atoms with Gasteiger partial charge in [0.05, 0.1) is 0 Å². The zero-order chi connectivity index (χ0) is 28.1. The molecule has 2 atom stereocenters. The second kappa shape index (κ2) is 29.9. The van der Waals surface area contributed by atoms with E-state index in [1.54, 1.807) is 0 Å². The average molecular weight is 537 g/mol. The van der Waals surface area contributed by atoms with E-state index in [4.69, 9.17) is 0 Å². The maximum atomic E-state index is 2.93. The molecule has 0 heterocycles. The van der Waals surface area contributed by atoms with Crippen molar-refractivity contribution in [3.63, 3.8) is 0 Å². The Morgan fingerprint density at radius 2 is 0.658 bits per heavy atom. The van der Waals surface area contributed by atoms with Crippen LogP contribution in [0.15, 0.2) is 0 Å². The van der Waals surface area contributed by atoms with Gasteiger partial charge in [0.15, 0.2) is 0 Å². The Bertz CT molecular complexity index is 401. The standard InChI is InChI=1S/C36H76N2/c1-7-11-15-19-21-25-29-35(27-23-17-13-9-3)33-38(32-31-37(5)6)34-36(28-24-18-14-10-4)30-26-22-20-16-12-8-2/h35-36H,7-34H2,1-6H3. The molecule has 230 valence electrons. The Balaban J connectivity index is 5.07. The Labute approximate surface area is 243 Å². The second-order valence-electron chi connectivity index (χ2n) is 13.1. The van der Waals surface area contributed by atoms with Gasteiger partial charge in [-0.15, -0.1) is 0 Å². The lowest BCUT2D eigenvalue weighted by atomic mass is 9.91. The van der Waals surface area contributed by atoms with Crippen LogP contribution < -0.4 is 0 Å². The lowest BCUT2D eigenvalue weighted by molar-refractivity contribution is 0.161. The molecule has 0 N–H and O–H groups in total. The summed E-state index contributed by atoms with van der Waals surface area (Å²) in [4.78, 5) is 5.34. The van der Waals surface area contributed by atoms with Crippen molar-refractivity contribution in [1.29, 1.82) is 0 Å². The van der Waals surface area contributed by atoms with Crippen molar-refractivity contribution >= 4 is 0 Å². The topological polar surface area (TPSA) is 6.48 Å². The predicted molar refractivity (Wildman–Crippen MR) is 175 cm³/mol. The Morgan fingerprint density at radius 1 is 0.368 bits per heavy atom. The molecule has 0 bridgehead atoms. The summed E-state index contributed by atoms with van der Waals surface area (Å²) in [5.74, 6) is 1.82. The fourth-order valence-corrected chi connectivity index (χ4v) is 6.13. The normalized spacial score (nSPS) is 13.6. The van der Waals surface area contributed by atoms with E-state index in [1.807, 2.05) is 0 Å². The summed E-state index contributed by atoms with van der Waals surface area (Å²) < 4.78 is 0. The minimum atomic E-state index is 0.912. The Hall–Kier alpha value is -0.0800. The van der Waals surface area contributed by atoms with Gasteiger partial charge in [-0.25, -0.2) is 0 Å². The highest BCUT2D eigenvalue weighted by Gasteiger charge is 2.19. The highest BCUT2D eigenvalue weighted by Crippen LogP contribution is 2.24. The van der Waals surface area contributed by atoms with Gasteiger partial charge in [0, 0.05) is 26.2 Å². The van der Waals surface area contributed by atoms with Gasteiger partial charge in [0.25, 0.3) is 0 Å². The molecular weight excluding hydrogens is 460 g/mol. The molecule has 38 heavy (non-hydrogen) atoms. The first-order valence-electron chi connectivity index (χ1n) is 17.9. The third-order valence-corrected chi connectivity index (χ3v) is 8.76. The van der Waals surface area contributed by atoms with Crippen molar-refractivity contribution < 1.29 is 0 Å². The zero-order valence-electron chi connectivity index (χ0n) is 27.8. The van der Waals surface area contributed by atoms with Crippen LogP contribution in [0, 0.1) is 11.8 Å². The molecule has 0 radical (unpaired) electrons. The third-order valence-electron chi connectivity index (χ3n) is 8.76. The number of nitrogens with zero attached hydrogens (tertiary/aromatic N) is 2. The molecule has 2 nitrogen and oxygen atoms in total. The molecule has 0 amide bonds. The molecule has 0 saturated carbocycles. The molecule has 0 rings (SSSR count). The summed E-state index contributed by atoms with van der Waals surface area (Å²) in [7, 11) is 4.52. The Morgan fingerprint density at radius 3 is 0.974 bits per heavy atom. The fourth-order valence-electron chi connectivity index (χ4n) is 6.13. The largest absolute Gasteiger partial charge is 0.308 e. The number of unbranched alkanes of at least 4 members (excludes halogenated alkanes) is 16. The summed E-state index contributed by atoms with van der Waals surface area (Å²) in [6.45, 7) is 14.5. The van der Waals surface area contributed by atoms with Crippen molar-refractivity contribution in [3.05, 3.63) is 0 Å². The van der Waals surface area contributed by atoms with Crippen molar-refractivity contribution in [1.82, 2.24) is 9.80 Å². The van der Waals surface area contributed by atoms with Crippen LogP contribution in [0.5, 0.6) is 0 Å². The lowest BCUT2D eigenvalue weighted by Gasteiger charge is -2.32. The van der Waals surface area contributed by atoms with Crippen LogP contribution in [0.25, 0.3) is 0 Å². The molecule has 2 heteroatoms. The molecule has 0 aliphatic heterocycles. The maximum Gasteiger partial charge on any atom is 0.0109 e. The first-order chi connectivity index (χ1) is 18.6. The second-order valence-corrected chi connectivity index (χ2v) is 13.1. The molecular formula is C36H76N2.